The molecule has 0 unspecified atom stereocenters. The number of carbonyl (C=O) groups excluding carboxylic acids is 2. The number of amides is 3. The summed E-state index contributed by atoms with van der Waals surface area (Å²) in [5.74, 6) is -0.462. The van der Waals surface area contributed by atoms with Gasteiger partial charge in [-0.15, -0.1) is 5.10 Å². The van der Waals surface area contributed by atoms with Gasteiger partial charge in [0, 0.05) is 7.05 Å². The van der Waals surface area contributed by atoms with Gasteiger partial charge in [0.25, 0.3) is 5.91 Å². The minimum absolute atomic E-state index is 0.313. The lowest BCUT2D eigenvalue weighted by molar-refractivity contribution is 0.0863. The fourth-order valence-electron chi connectivity index (χ4n) is 0.530. The minimum Gasteiger partial charge on any atom is -0.350 e. The summed E-state index contributed by atoms with van der Waals surface area (Å²) < 4.78 is 3.49. The van der Waals surface area contributed by atoms with E-state index < -0.39 is 11.9 Å². The Labute approximate surface area is 77.7 Å². The van der Waals surface area contributed by atoms with E-state index in [4.69, 9.17) is 5.73 Å². The lowest BCUT2D eigenvalue weighted by Gasteiger charge is -2.13. The van der Waals surface area contributed by atoms with Crippen LogP contribution in [0.15, 0.2) is 6.20 Å². The standard InChI is InChI=1S/C5H7N5O2S/c1-10(5(6)12)8-4(11)3-2-7-9-13-3/h2H,1H3,(H2,6,12)(H,8,11). The van der Waals surface area contributed by atoms with Crippen molar-refractivity contribution in [1.29, 1.82) is 0 Å². The molecule has 0 aliphatic rings. The van der Waals surface area contributed by atoms with Gasteiger partial charge < -0.3 is 5.73 Å². The van der Waals surface area contributed by atoms with Gasteiger partial charge in [-0.05, 0) is 11.5 Å². The Morgan fingerprint density at radius 2 is 2.38 bits per heavy atom. The molecule has 3 amide bonds. The molecule has 0 atom stereocenters. The topological polar surface area (TPSA) is 101 Å². The normalized spacial score (nSPS) is 9.31. The first-order chi connectivity index (χ1) is 6.11. The van der Waals surface area contributed by atoms with E-state index in [1.165, 1.54) is 13.2 Å². The fourth-order valence-corrected chi connectivity index (χ4v) is 0.935. The predicted octanol–water partition coefficient (Wildman–Crippen LogP) is -0.807. The highest BCUT2D eigenvalue weighted by molar-refractivity contribution is 7.07. The van der Waals surface area contributed by atoms with Crippen molar-refractivity contribution in [2.75, 3.05) is 7.05 Å². The number of nitrogens with zero attached hydrogens (tertiary/aromatic N) is 3. The van der Waals surface area contributed by atoms with Crippen LogP contribution in [0.1, 0.15) is 9.67 Å². The van der Waals surface area contributed by atoms with Crippen LogP contribution in [0.25, 0.3) is 0 Å². The highest BCUT2D eigenvalue weighted by atomic mass is 32.1. The van der Waals surface area contributed by atoms with E-state index in [9.17, 15) is 9.59 Å². The Hall–Kier alpha value is -1.70. The zero-order chi connectivity index (χ0) is 9.84. The number of hydrazine groups is 1. The van der Waals surface area contributed by atoms with Crippen LogP contribution in [0.5, 0.6) is 0 Å². The molecule has 1 aromatic heterocycles. The second kappa shape index (κ2) is 3.81. The van der Waals surface area contributed by atoms with E-state index in [2.05, 4.69) is 15.0 Å². The number of urea groups is 1. The van der Waals surface area contributed by atoms with Crippen molar-refractivity contribution in [2.24, 2.45) is 5.73 Å². The Morgan fingerprint density at radius 1 is 1.69 bits per heavy atom. The van der Waals surface area contributed by atoms with Gasteiger partial charge in [0.15, 0.2) is 0 Å². The van der Waals surface area contributed by atoms with Crippen LogP contribution >= 0.6 is 11.5 Å². The lowest BCUT2D eigenvalue weighted by atomic mass is 10.5. The number of aromatic nitrogens is 2. The summed E-state index contributed by atoms with van der Waals surface area (Å²) in [6.07, 6.45) is 1.30. The molecule has 3 N–H and O–H groups in total. The van der Waals surface area contributed by atoms with E-state index in [1.807, 2.05) is 0 Å². The first kappa shape index (κ1) is 9.39. The molecule has 8 heteroatoms. The number of hydrogen-bond donors (Lipinski definition) is 2. The molecule has 0 saturated heterocycles. The molecule has 7 nitrogen and oxygen atoms in total. The maximum Gasteiger partial charge on any atom is 0.333 e. The highest BCUT2D eigenvalue weighted by Crippen LogP contribution is 2.00. The number of rotatable bonds is 1. The Bertz CT molecular complexity index is 311. The molecule has 0 fully saturated rings. The minimum atomic E-state index is -0.745. The Kier molecular flexibility index (Phi) is 2.75. The second-order valence-electron chi connectivity index (χ2n) is 2.12. The largest absolute Gasteiger partial charge is 0.350 e. The molecule has 1 heterocycles. The lowest BCUT2D eigenvalue weighted by Crippen LogP contribution is -2.45. The summed E-state index contributed by atoms with van der Waals surface area (Å²) in [5, 5.41) is 4.35. The molecule has 0 saturated carbocycles. The predicted molar refractivity (Wildman–Crippen MR) is 44.7 cm³/mol. The Balaban J connectivity index is 2.56. The second-order valence-corrected chi connectivity index (χ2v) is 2.91. The van der Waals surface area contributed by atoms with Crippen molar-refractivity contribution in [1.82, 2.24) is 20.0 Å². The molecule has 0 spiro atoms. The van der Waals surface area contributed by atoms with Crippen LogP contribution in [0.3, 0.4) is 0 Å². The number of carbonyl (C=O) groups is 2. The van der Waals surface area contributed by atoms with Crippen LogP contribution in [-0.2, 0) is 0 Å². The van der Waals surface area contributed by atoms with E-state index in [1.54, 1.807) is 0 Å². The molecule has 0 radical (unpaired) electrons. The molecular weight excluding hydrogens is 194 g/mol. The number of hydrogen-bond acceptors (Lipinski definition) is 5. The molecule has 1 aromatic rings. The van der Waals surface area contributed by atoms with Crippen molar-refractivity contribution in [3.8, 4) is 0 Å². The summed E-state index contributed by atoms with van der Waals surface area (Å²) >= 11 is 0.933. The fraction of sp³-hybridized carbons (Fsp3) is 0.200. The van der Waals surface area contributed by atoms with Crippen molar-refractivity contribution in [3.63, 3.8) is 0 Å². The zero-order valence-electron chi connectivity index (χ0n) is 6.72. The molecule has 0 aliphatic carbocycles. The molecular formula is C5H7N5O2S. The van der Waals surface area contributed by atoms with Gasteiger partial charge in [-0.25, -0.2) is 9.80 Å². The van der Waals surface area contributed by atoms with Gasteiger partial charge in [0.1, 0.15) is 4.88 Å². The zero-order valence-corrected chi connectivity index (χ0v) is 7.54. The van der Waals surface area contributed by atoms with Crippen LogP contribution in [0.4, 0.5) is 4.79 Å². The van der Waals surface area contributed by atoms with Crippen LogP contribution in [-0.4, -0.2) is 33.6 Å². The summed E-state index contributed by atoms with van der Waals surface area (Å²) in [6.45, 7) is 0. The maximum atomic E-state index is 11.2. The van der Waals surface area contributed by atoms with Crippen molar-refractivity contribution in [3.05, 3.63) is 11.1 Å². The number of primary amides is 1. The molecule has 0 bridgehead atoms. The third kappa shape index (κ3) is 2.37. The summed E-state index contributed by atoms with van der Waals surface area (Å²) in [7, 11) is 1.34. The third-order valence-corrected chi connectivity index (χ3v) is 1.85. The van der Waals surface area contributed by atoms with Crippen molar-refractivity contribution in [2.45, 2.75) is 0 Å². The summed E-state index contributed by atoms with van der Waals surface area (Å²) in [6, 6.07) is -0.745. The van der Waals surface area contributed by atoms with Gasteiger partial charge >= 0.3 is 6.03 Å². The van der Waals surface area contributed by atoms with Crippen LogP contribution < -0.4 is 11.2 Å². The van der Waals surface area contributed by atoms with Crippen LogP contribution in [0.2, 0.25) is 0 Å². The van der Waals surface area contributed by atoms with Crippen molar-refractivity contribution < 1.29 is 9.59 Å². The van der Waals surface area contributed by atoms with Gasteiger partial charge in [-0.3, -0.25) is 10.2 Å². The van der Waals surface area contributed by atoms with Gasteiger partial charge in [-0.2, -0.15) is 0 Å². The van der Waals surface area contributed by atoms with E-state index in [-0.39, 0.29) is 0 Å². The maximum absolute atomic E-state index is 11.2. The van der Waals surface area contributed by atoms with Crippen molar-refractivity contribution >= 4 is 23.5 Å². The number of nitrogens with two attached hydrogens (primary N) is 1. The molecule has 1 rings (SSSR count). The molecule has 70 valence electrons. The molecule has 0 aliphatic heterocycles. The van der Waals surface area contributed by atoms with Gasteiger partial charge in [0.2, 0.25) is 0 Å². The summed E-state index contributed by atoms with van der Waals surface area (Å²) in [5.41, 5.74) is 7.11. The summed E-state index contributed by atoms with van der Waals surface area (Å²) in [4.78, 5) is 22.0. The monoisotopic (exact) mass is 201 g/mol. The first-order valence-corrected chi connectivity index (χ1v) is 4.00. The van der Waals surface area contributed by atoms with E-state index in [0.717, 1.165) is 16.5 Å². The molecule has 0 aromatic carbocycles. The molecule has 13 heavy (non-hydrogen) atoms. The van der Waals surface area contributed by atoms with Gasteiger partial charge in [-0.1, -0.05) is 4.49 Å². The quantitative estimate of drug-likeness (QED) is 0.580. The highest BCUT2D eigenvalue weighted by Gasteiger charge is 2.11. The first-order valence-electron chi connectivity index (χ1n) is 3.22. The average Bonchev–Trinajstić information content (AvgIpc) is 2.55. The average molecular weight is 201 g/mol. The van der Waals surface area contributed by atoms with Crippen LogP contribution in [0, 0.1) is 0 Å². The number of nitrogens with one attached hydrogen (secondary N) is 1. The third-order valence-electron chi connectivity index (χ3n) is 1.18. The van der Waals surface area contributed by atoms with E-state index in [0.29, 0.717) is 4.88 Å². The Morgan fingerprint density at radius 3 is 2.85 bits per heavy atom. The van der Waals surface area contributed by atoms with E-state index >= 15 is 0 Å². The SMILES string of the molecule is CN(NC(=O)c1cnns1)C(N)=O. The van der Waals surface area contributed by atoms with Gasteiger partial charge in [0.05, 0.1) is 6.20 Å². The smallest absolute Gasteiger partial charge is 0.333 e.